The summed E-state index contributed by atoms with van der Waals surface area (Å²) in [4.78, 5) is 3.31. The Morgan fingerprint density at radius 1 is 1.10 bits per heavy atom. The van der Waals surface area contributed by atoms with E-state index in [1.807, 2.05) is 26.2 Å². The fourth-order valence-electron chi connectivity index (χ4n) is 3.99. The Morgan fingerprint density at radius 2 is 1.93 bits per heavy atom. The molecule has 2 aliphatic rings. The number of methoxy groups -OCH3 is 1. The van der Waals surface area contributed by atoms with Crippen LogP contribution in [0.1, 0.15) is 34.7 Å². The Morgan fingerprint density at radius 3 is 2.62 bits per heavy atom. The molecule has 0 saturated heterocycles. The number of benzene rings is 2. The topological polar surface area (TPSA) is 37.3 Å². The van der Waals surface area contributed by atoms with Gasteiger partial charge in [-0.25, -0.2) is 5.01 Å². The van der Waals surface area contributed by atoms with Gasteiger partial charge in [0.2, 0.25) is 6.23 Å². The number of para-hydroxylation sites is 1. The molecule has 29 heavy (non-hydrogen) atoms. The molecule has 2 aliphatic heterocycles. The number of rotatable bonds is 4. The lowest BCUT2D eigenvalue weighted by atomic mass is 9.97. The van der Waals surface area contributed by atoms with Gasteiger partial charge < -0.3 is 14.4 Å². The third-order valence-electron chi connectivity index (χ3n) is 5.50. The molecule has 5 rings (SSSR count). The SMILES string of the molecule is COc1cccc2c1OC(c1ccc(N(C)C)cc1)N1N=C(c3cccs3)CC21. The quantitative estimate of drug-likeness (QED) is 0.608. The Labute approximate surface area is 174 Å². The van der Waals surface area contributed by atoms with Crippen LogP contribution in [0.4, 0.5) is 5.69 Å². The van der Waals surface area contributed by atoms with E-state index in [2.05, 4.69) is 57.8 Å². The molecule has 0 radical (unpaired) electrons. The van der Waals surface area contributed by atoms with Crippen LogP contribution in [-0.4, -0.2) is 31.9 Å². The Balaban J connectivity index is 1.59. The molecule has 2 unspecified atom stereocenters. The Bertz CT molecular complexity index is 1040. The number of anilines is 1. The monoisotopic (exact) mass is 405 g/mol. The van der Waals surface area contributed by atoms with Crippen LogP contribution in [0.15, 0.2) is 65.1 Å². The van der Waals surface area contributed by atoms with Crippen molar-refractivity contribution in [1.82, 2.24) is 5.01 Å². The summed E-state index contributed by atoms with van der Waals surface area (Å²) in [5.41, 5.74) is 4.47. The first kappa shape index (κ1) is 18.1. The minimum Gasteiger partial charge on any atom is -0.493 e. The van der Waals surface area contributed by atoms with Crippen molar-refractivity contribution in [3.63, 3.8) is 0 Å². The number of thiophene rings is 1. The summed E-state index contributed by atoms with van der Waals surface area (Å²) in [6, 6.07) is 18.9. The molecule has 0 spiro atoms. The van der Waals surface area contributed by atoms with E-state index in [4.69, 9.17) is 14.6 Å². The van der Waals surface area contributed by atoms with E-state index < -0.39 is 0 Å². The van der Waals surface area contributed by atoms with Gasteiger partial charge in [0.15, 0.2) is 11.5 Å². The van der Waals surface area contributed by atoms with Gasteiger partial charge in [0.25, 0.3) is 0 Å². The van der Waals surface area contributed by atoms with Crippen molar-refractivity contribution in [2.75, 3.05) is 26.1 Å². The molecular formula is C23H23N3O2S. The largest absolute Gasteiger partial charge is 0.493 e. The van der Waals surface area contributed by atoms with Gasteiger partial charge in [0, 0.05) is 37.3 Å². The van der Waals surface area contributed by atoms with E-state index in [1.54, 1.807) is 18.4 Å². The maximum atomic E-state index is 6.50. The molecule has 0 saturated carbocycles. The summed E-state index contributed by atoms with van der Waals surface area (Å²) >= 11 is 1.73. The molecule has 3 heterocycles. The Kier molecular flexibility index (Phi) is 4.43. The maximum absolute atomic E-state index is 6.50. The van der Waals surface area contributed by atoms with Crippen molar-refractivity contribution in [2.45, 2.75) is 18.7 Å². The molecular weight excluding hydrogens is 382 g/mol. The molecule has 0 bridgehead atoms. The molecule has 2 aromatic carbocycles. The van der Waals surface area contributed by atoms with Crippen LogP contribution in [0.25, 0.3) is 0 Å². The predicted molar refractivity (Wildman–Crippen MR) is 117 cm³/mol. The van der Waals surface area contributed by atoms with Crippen molar-refractivity contribution in [2.24, 2.45) is 5.10 Å². The zero-order chi connectivity index (χ0) is 20.0. The van der Waals surface area contributed by atoms with Crippen LogP contribution < -0.4 is 14.4 Å². The first-order chi connectivity index (χ1) is 14.2. The van der Waals surface area contributed by atoms with Gasteiger partial charge in [0.05, 0.1) is 23.7 Å². The van der Waals surface area contributed by atoms with E-state index in [0.717, 1.165) is 40.4 Å². The third kappa shape index (κ3) is 3.04. The molecule has 6 heteroatoms. The van der Waals surface area contributed by atoms with E-state index >= 15 is 0 Å². The highest BCUT2D eigenvalue weighted by molar-refractivity contribution is 7.12. The van der Waals surface area contributed by atoms with Crippen LogP contribution in [0.2, 0.25) is 0 Å². The van der Waals surface area contributed by atoms with Gasteiger partial charge in [-0.3, -0.25) is 0 Å². The minimum atomic E-state index is -0.294. The van der Waals surface area contributed by atoms with Crippen LogP contribution in [0.5, 0.6) is 11.5 Å². The number of hydrogen-bond donors (Lipinski definition) is 0. The van der Waals surface area contributed by atoms with E-state index in [0.29, 0.717) is 0 Å². The van der Waals surface area contributed by atoms with Gasteiger partial charge in [-0.15, -0.1) is 11.3 Å². The lowest BCUT2D eigenvalue weighted by Crippen LogP contribution is -2.33. The second kappa shape index (κ2) is 7.12. The maximum Gasteiger partial charge on any atom is 0.214 e. The minimum absolute atomic E-state index is 0.129. The van der Waals surface area contributed by atoms with Crippen LogP contribution >= 0.6 is 11.3 Å². The number of ether oxygens (including phenoxy) is 2. The molecule has 148 valence electrons. The summed E-state index contributed by atoms with van der Waals surface area (Å²) in [6.07, 6.45) is 0.563. The lowest BCUT2D eigenvalue weighted by Gasteiger charge is -2.38. The second-order valence-electron chi connectivity index (χ2n) is 7.46. The zero-order valence-electron chi connectivity index (χ0n) is 16.7. The van der Waals surface area contributed by atoms with Crippen molar-refractivity contribution >= 4 is 22.7 Å². The number of hydrazone groups is 1. The molecule has 0 N–H and O–H groups in total. The summed E-state index contributed by atoms with van der Waals surface area (Å²) in [5, 5.41) is 9.22. The van der Waals surface area contributed by atoms with Crippen molar-refractivity contribution in [3.8, 4) is 11.5 Å². The molecule has 3 aromatic rings. The fraction of sp³-hybridized carbons (Fsp3) is 0.261. The predicted octanol–water partition coefficient (Wildman–Crippen LogP) is 5.07. The first-order valence-electron chi connectivity index (χ1n) is 9.66. The molecule has 0 fully saturated rings. The van der Waals surface area contributed by atoms with Crippen molar-refractivity contribution in [1.29, 1.82) is 0 Å². The second-order valence-corrected chi connectivity index (χ2v) is 8.41. The average Bonchev–Trinajstić information content (AvgIpc) is 3.42. The normalized spacial score (nSPS) is 19.8. The van der Waals surface area contributed by atoms with Gasteiger partial charge in [-0.2, -0.15) is 5.10 Å². The van der Waals surface area contributed by atoms with Crippen LogP contribution in [0.3, 0.4) is 0 Å². The smallest absolute Gasteiger partial charge is 0.214 e. The molecule has 0 aliphatic carbocycles. The molecule has 2 atom stereocenters. The highest BCUT2D eigenvalue weighted by atomic mass is 32.1. The number of fused-ring (bicyclic) bond motifs is 3. The highest BCUT2D eigenvalue weighted by Gasteiger charge is 2.42. The molecule has 1 aromatic heterocycles. The van der Waals surface area contributed by atoms with E-state index in [9.17, 15) is 0 Å². The van der Waals surface area contributed by atoms with Crippen LogP contribution in [0, 0.1) is 0 Å². The van der Waals surface area contributed by atoms with E-state index in [-0.39, 0.29) is 12.3 Å². The van der Waals surface area contributed by atoms with Gasteiger partial charge in [-0.1, -0.05) is 30.3 Å². The van der Waals surface area contributed by atoms with Crippen molar-refractivity contribution < 1.29 is 9.47 Å². The average molecular weight is 406 g/mol. The van der Waals surface area contributed by atoms with Gasteiger partial charge in [-0.05, 0) is 29.6 Å². The number of hydrogen-bond acceptors (Lipinski definition) is 6. The van der Waals surface area contributed by atoms with Gasteiger partial charge in [0.1, 0.15) is 0 Å². The lowest BCUT2D eigenvalue weighted by molar-refractivity contribution is -0.0208. The first-order valence-corrected chi connectivity index (χ1v) is 10.5. The standard InChI is InChI=1S/C23H23N3O2S/c1-25(2)16-11-9-15(10-12-16)23-26-19(14-18(24-26)21-8-5-13-29-21)17-6-4-7-20(27-3)22(17)28-23/h4-13,19,23H,14H2,1-3H3. The highest BCUT2D eigenvalue weighted by Crippen LogP contribution is 2.50. The van der Waals surface area contributed by atoms with Crippen molar-refractivity contribution in [3.05, 3.63) is 76.0 Å². The summed E-state index contributed by atoms with van der Waals surface area (Å²) < 4.78 is 12.1. The Hall–Kier alpha value is -2.99. The van der Waals surface area contributed by atoms with Crippen LogP contribution in [-0.2, 0) is 0 Å². The number of nitrogens with zero attached hydrogens (tertiary/aromatic N) is 3. The summed E-state index contributed by atoms with van der Waals surface area (Å²) in [7, 11) is 5.77. The zero-order valence-corrected chi connectivity index (χ0v) is 17.5. The van der Waals surface area contributed by atoms with Gasteiger partial charge >= 0.3 is 0 Å². The molecule has 5 nitrogen and oxygen atoms in total. The van der Waals surface area contributed by atoms with E-state index in [1.165, 1.54) is 4.88 Å². The fourth-order valence-corrected chi connectivity index (χ4v) is 4.71. The summed E-state index contributed by atoms with van der Waals surface area (Å²) in [6.45, 7) is 0. The summed E-state index contributed by atoms with van der Waals surface area (Å²) in [5.74, 6) is 1.59. The molecule has 0 amide bonds. The third-order valence-corrected chi connectivity index (χ3v) is 6.42.